The minimum atomic E-state index is -0.220. The molecule has 0 spiro atoms. The highest BCUT2D eigenvalue weighted by atomic mass is 16.4. The predicted molar refractivity (Wildman–Crippen MR) is 75.1 cm³/mol. The number of amides is 1. The van der Waals surface area contributed by atoms with E-state index >= 15 is 0 Å². The first-order valence-electron chi connectivity index (χ1n) is 6.40. The van der Waals surface area contributed by atoms with E-state index < -0.39 is 0 Å². The van der Waals surface area contributed by atoms with Gasteiger partial charge in [-0.1, -0.05) is 42.4 Å². The molecule has 2 atom stereocenters. The van der Waals surface area contributed by atoms with Gasteiger partial charge in [0.25, 0.3) is 0 Å². The highest BCUT2D eigenvalue weighted by Crippen LogP contribution is 2.15. The number of carbonyl (C=O) groups excluding carboxylic acids is 1. The number of nitrogens with two attached hydrogens (primary N) is 1. The zero-order valence-electron chi connectivity index (χ0n) is 11.3. The van der Waals surface area contributed by atoms with Crippen LogP contribution in [0, 0.1) is 0 Å². The van der Waals surface area contributed by atoms with E-state index in [0.717, 1.165) is 12.0 Å². The number of rotatable bonds is 6. The third-order valence-electron chi connectivity index (χ3n) is 3.12. The maximum absolute atomic E-state index is 12.1. The van der Waals surface area contributed by atoms with Gasteiger partial charge in [-0.25, -0.2) is 0 Å². The first-order valence-corrected chi connectivity index (χ1v) is 6.40. The molecule has 0 bridgehead atoms. The van der Waals surface area contributed by atoms with E-state index in [4.69, 9.17) is 10.9 Å². The number of amidine groups is 1. The standard InChI is InChI=1S/C14H21N3O2/c1-3-12(9-13(15)17-19)16-14(18)10(2)11-7-5-4-6-8-11/h4-8,10,12,19H,3,9H2,1-2H3,(H2,15,17)(H,16,18). The summed E-state index contributed by atoms with van der Waals surface area (Å²) in [6.07, 6.45) is 1.07. The SMILES string of the molecule is CCC(C/C(N)=N/O)NC(=O)C(C)c1ccccc1. The van der Waals surface area contributed by atoms with Crippen molar-refractivity contribution in [1.29, 1.82) is 0 Å². The predicted octanol–water partition coefficient (Wildman–Crippen LogP) is 1.82. The Morgan fingerprint density at radius 1 is 1.42 bits per heavy atom. The van der Waals surface area contributed by atoms with Crippen molar-refractivity contribution in [1.82, 2.24) is 5.32 Å². The number of hydrogen-bond donors (Lipinski definition) is 3. The molecule has 0 heterocycles. The monoisotopic (exact) mass is 263 g/mol. The Morgan fingerprint density at radius 3 is 2.58 bits per heavy atom. The lowest BCUT2D eigenvalue weighted by Crippen LogP contribution is -2.39. The van der Waals surface area contributed by atoms with E-state index in [-0.39, 0.29) is 23.7 Å². The van der Waals surface area contributed by atoms with Crippen LogP contribution in [0.4, 0.5) is 0 Å². The third kappa shape index (κ3) is 4.62. The second-order valence-corrected chi connectivity index (χ2v) is 4.54. The van der Waals surface area contributed by atoms with Crippen LogP contribution in [0.25, 0.3) is 0 Å². The van der Waals surface area contributed by atoms with Crippen molar-refractivity contribution in [3.8, 4) is 0 Å². The fraction of sp³-hybridized carbons (Fsp3) is 0.429. The lowest BCUT2D eigenvalue weighted by molar-refractivity contribution is -0.122. The molecular formula is C14H21N3O2. The number of nitrogens with one attached hydrogen (secondary N) is 1. The summed E-state index contributed by atoms with van der Waals surface area (Å²) in [5, 5.41) is 14.4. The Kier molecular flexibility index (Phi) is 5.85. The van der Waals surface area contributed by atoms with Gasteiger partial charge < -0.3 is 16.3 Å². The van der Waals surface area contributed by atoms with Gasteiger partial charge in [0.1, 0.15) is 5.84 Å². The average molecular weight is 263 g/mol. The van der Waals surface area contributed by atoms with E-state index in [2.05, 4.69) is 10.5 Å². The number of benzene rings is 1. The van der Waals surface area contributed by atoms with E-state index in [1.165, 1.54) is 0 Å². The molecule has 0 aliphatic rings. The van der Waals surface area contributed by atoms with Crippen molar-refractivity contribution in [2.45, 2.75) is 38.6 Å². The van der Waals surface area contributed by atoms with Gasteiger partial charge in [-0.2, -0.15) is 0 Å². The van der Waals surface area contributed by atoms with E-state index in [0.29, 0.717) is 6.42 Å². The van der Waals surface area contributed by atoms with Crippen molar-refractivity contribution in [2.75, 3.05) is 0 Å². The zero-order chi connectivity index (χ0) is 14.3. The van der Waals surface area contributed by atoms with Crippen molar-refractivity contribution >= 4 is 11.7 Å². The van der Waals surface area contributed by atoms with Gasteiger partial charge in [0.15, 0.2) is 0 Å². The molecule has 104 valence electrons. The molecule has 5 heteroatoms. The zero-order valence-corrected chi connectivity index (χ0v) is 11.3. The molecule has 1 aromatic carbocycles. The average Bonchev–Trinajstić information content (AvgIpc) is 2.46. The Hall–Kier alpha value is -2.04. The van der Waals surface area contributed by atoms with Crippen LogP contribution in [0.2, 0.25) is 0 Å². The highest BCUT2D eigenvalue weighted by Gasteiger charge is 2.18. The molecule has 1 rings (SSSR count). The molecule has 0 saturated carbocycles. The minimum absolute atomic E-state index is 0.0520. The van der Waals surface area contributed by atoms with Crippen LogP contribution < -0.4 is 11.1 Å². The number of nitrogens with zero attached hydrogens (tertiary/aromatic N) is 1. The molecule has 0 saturated heterocycles. The molecule has 4 N–H and O–H groups in total. The fourth-order valence-corrected chi connectivity index (χ4v) is 1.81. The van der Waals surface area contributed by atoms with Gasteiger partial charge >= 0.3 is 0 Å². The summed E-state index contributed by atoms with van der Waals surface area (Å²) in [6, 6.07) is 9.47. The van der Waals surface area contributed by atoms with Gasteiger partial charge in [0.2, 0.25) is 5.91 Å². The molecular weight excluding hydrogens is 242 g/mol. The van der Waals surface area contributed by atoms with Crippen LogP contribution in [-0.2, 0) is 4.79 Å². The molecule has 0 aliphatic heterocycles. The third-order valence-corrected chi connectivity index (χ3v) is 3.12. The van der Waals surface area contributed by atoms with Crippen LogP contribution in [0.1, 0.15) is 38.2 Å². The summed E-state index contributed by atoms with van der Waals surface area (Å²) in [6.45, 7) is 3.81. The molecule has 0 fully saturated rings. The molecule has 0 aliphatic carbocycles. The first-order chi connectivity index (χ1) is 9.08. The molecule has 0 aromatic heterocycles. The largest absolute Gasteiger partial charge is 0.409 e. The molecule has 1 amide bonds. The summed E-state index contributed by atoms with van der Waals surface area (Å²) >= 11 is 0. The Morgan fingerprint density at radius 2 is 2.05 bits per heavy atom. The summed E-state index contributed by atoms with van der Waals surface area (Å²) in [5.41, 5.74) is 6.43. The van der Waals surface area contributed by atoms with Crippen LogP contribution in [0.15, 0.2) is 35.5 Å². The minimum Gasteiger partial charge on any atom is -0.409 e. The Labute approximate surface area is 113 Å². The van der Waals surface area contributed by atoms with E-state index in [9.17, 15) is 4.79 Å². The molecule has 0 radical (unpaired) electrons. The summed E-state index contributed by atoms with van der Waals surface area (Å²) in [5.74, 6) is -0.147. The second kappa shape index (κ2) is 7.41. The van der Waals surface area contributed by atoms with Gasteiger partial charge in [0.05, 0.1) is 5.92 Å². The molecule has 2 unspecified atom stereocenters. The van der Waals surface area contributed by atoms with Gasteiger partial charge in [-0.3, -0.25) is 4.79 Å². The summed E-state index contributed by atoms with van der Waals surface area (Å²) in [4.78, 5) is 12.1. The van der Waals surface area contributed by atoms with Gasteiger partial charge in [0, 0.05) is 12.5 Å². The van der Waals surface area contributed by atoms with Crippen LogP contribution in [0.5, 0.6) is 0 Å². The van der Waals surface area contributed by atoms with Gasteiger partial charge in [-0.05, 0) is 18.9 Å². The van der Waals surface area contributed by atoms with Gasteiger partial charge in [-0.15, -0.1) is 0 Å². The number of oxime groups is 1. The fourth-order valence-electron chi connectivity index (χ4n) is 1.81. The first kappa shape index (κ1) is 15.0. The molecule has 5 nitrogen and oxygen atoms in total. The normalized spacial score (nSPS) is 14.7. The van der Waals surface area contributed by atoms with Crippen molar-refractivity contribution < 1.29 is 10.0 Å². The molecule has 1 aromatic rings. The maximum atomic E-state index is 12.1. The smallest absolute Gasteiger partial charge is 0.227 e. The highest BCUT2D eigenvalue weighted by molar-refractivity contribution is 5.85. The number of carbonyl (C=O) groups is 1. The number of hydrogen-bond acceptors (Lipinski definition) is 3. The van der Waals surface area contributed by atoms with Crippen molar-refractivity contribution in [3.63, 3.8) is 0 Å². The Balaban J connectivity index is 2.62. The molecule has 19 heavy (non-hydrogen) atoms. The summed E-state index contributed by atoms with van der Waals surface area (Å²) in [7, 11) is 0. The summed E-state index contributed by atoms with van der Waals surface area (Å²) < 4.78 is 0. The topological polar surface area (TPSA) is 87.7 Å². The van der Waals surface area contributed by atoms with E-state index in [1.54, 1.807) is 0 Å². The lowest BCUT2D eigenvalue weighted by atomic mass is 9.99. The van der Waals surface area contributed by atoms with Crippen molar-refractivity contribution in [2.24, 2.45) is 10.9 Å². The lowest BCUT2D eigenvalue weighted by Gasteiger charge is -2.19. The van der Waals surface area contributed by atoms with Crippen LogP contribution >= 0.6 is 0 Å². The maximum Gasteiger partial charge on any atom is 0.227 e. The van der Waals surface area contributed by atoms with Crippen molar-refractivity contribution in [3.05, 3.63) is 35.9 Å². The van der Waals surface area contributed by atoms with Crippen LogP contribution in [-0.4, -0.2) is 23.0 Å². The Bertz CT molecular complexity index is 432. The second-order valence-electron chi connectivity index (χ2n) is 4.54. The quantitative estimate of drug-likeness (QED) is 0.316. The van der Waals surface area contributed by atoms with Crippen LogP contribution in [0.3, 0.4) is 0 Å². The van der Waals surface area contributed by atoms with E-state index in [1.807, 2.05) is 44.2 Å².